The molecule has 0 unspecified atom stereocenters. The van der Waals surface area contributed by atoms with Gasteiger partial charge in [0.2, 0.25) is 0 Å². The summed E-state index contributed by atoms with van der Waals surface area (Å²) in [7, 11) is 0. The molecule has 0 radical (unpaired) electrons. The summed E-state index contributed by atoms with van der Waals surface area (Å²) in [5.74, 6) is -0.264. The predicted octanol–water partition coefficient (Wildman–Crippen LogP) is 5.34. The molecular weight excluding hydrogens is 398 g/mol. The first kappa shape index (κ1) is 18.9. The minimum Gasteiger partial charge on any atom is -0.478 e. The van der Waals surface area contributed by atoms with Crippen molar-refractivity contribution in [2.75, 3.05) is 5.01 Å². The number of hydrazone groups is 1. The summed E-state index contributed by atoms with van der Waals surface area (Å²) in [5.41, 5.74) is 4.45. The van der Waals surface area contributed by atoms with Crippen LogP contribution >= 0.6 is 11.6 Å². The number of halogens is 1. The molecule has 1 aliphatic heterocycles. The number of nitrogens with zero attached hydrogens (tertiary/aromatic N) is 3. The Kier molecular flexibility index (Phi) is 4.60. The second-order valence-electron chi connectivity index (χ2n) is 8.13. The summed E-state index contributed by atoms with van der Waals surface area (Å²) >= 11 is 6.33. The number of carboxylic acid groups (broad SMARTS) is 1. The minimum atomic E-state index is -0.931. The van der Waals surface area contributed by atoms with E-state index in [0.717, 1.165) is 22.5 Å². The molecule has 1 saturated carbocycles. The molecular formula is C24H20ClN3O2. The highest BCUT2D eigenvalue weighted by atomic mass is 35.5. The Labute approximate surface area is 179 Å². The van der Waals surface area contributed by atoms with Crippen molar-refractivity contribution >= 4 is 35.0 Å². The van der Waals surface area contributed by atoms with Gasteiger partial charge in [0.1, 0.15) is 6.07 Å². The van der Waals surface area contributed by atoms with Gasteiger partial charge in [-0.1, -0.05) is 42.7 Å². The van der Waals surface area contributed by atoms with E-state index in [4.69, 9.17) is 16.7 Å². The molecule has 2 aliphatic carbocycles. The summed E-state index contributed by atoms with van der Waals surface area (Å²) < 4.78 is 0. The van der Waals surface area contributed by atoms with Gasteiger partial charge in [0.25, 0.3) is 0 Å². The van der Waals surface area contributed by atoms with E-state index in [1.807, 2.05) is 24.3 Å². The van der Waals surface area contributed by atoms with E-state index in [9.17, 15) is 15.2 Å². The van der Waals surface area contributed by atoms with Gasteiger partial charge in [0, 0.05) is 11.5 Å². The summed E-state index contributed by atoms with van der Waals surface area (Å²) in [4.78, 5) is 11.4. The third-order valence-corrected chi connectivity index (χ3v) is 6.77. The molecule has 150 valence electrons. The lowest BCUT2D eigenvalue weighted by molar-refractivity contribution is 0.0697. The first-order valence-corrected chi connectivity index (χ1v) is 10.6. The molecule has 5 nitrogen and oxygen atoms in total. The molecule has 30 heavy (non-hydrogen) atoms. The standard InChI is InChI=1S/C24H20ClN3O2/c25-21-12-18(8-5-17(21)13-26)28-23(14-3-1-2-4-14)20-10-6-15-11-16(24(29)30)7-9-19(15)22(20)27-28/h5-12,14,20,23H,1-4H2,(H,29,30)/t20-,23-/m1/s1. The van der Waals surface area contributed by atoms with Crippen molar-refractivity contribution in [2.45, 2.75) is 31.7 Å². The monoisotopic (exact) mass is 417 g/mol. The van der Waals surface area contributed by atoms with E-state index >= 15 is 0 Å². The van der Waals surface area contributed by atoms with Crippen LogP contribution in [0.1, 0.15) is 52.7 Å². The number of aromatic carboxylic acids is 1. The van der Waals surface area contributed by atoms with E-state index in [-0.39, 0.29) is 17.5 Å². The number of nitriles is 1. The number of hydrogen-bond acceptors (Lipinski definition) is 4. The molecule has 2 aromatic rings. The van der Waals surface area contributed by atoms with E-state index in [2.05, 4.69) is 17.2 Å². The predicted molar refractivity (Wildman–Crippen MR) is 117 cm³/mol. The van der Waals surface area contributed by atoms with Crippen LogP contribution in [0.3, 0.4) is 0 Å². The number of anilines is 1. The molecule has 0 saturated heterocycles. The van der Waals surface area contributed by atoms with Crippen LogP contribution in [0.4, 0.5) is 5.69 Å². The minimum absolute atomic E-state index is 0.144. The van der Waals surface area contributed by atoms with Crippen LogP contribution in [-0.2, 0) is 0 Å². The molecule has 1 N–H and O–H groups in total. The number of carbonyl (C=O) groups is 1. The molecule has 2 atom stereocenters. The summed E-state index contributed by atoms with van der Waals surface area (Å²) in [6.07, 6.45) is 9.00. The van der Waals surface area contributed by atoms with Crippen molar-refractivity contribution in [3.63, 3.8) is 0 Å². The fourth-order valence-corrected chi connectivity index (χ4v) is 5.25. The van der Waals surface area contributed by atoms with Crippen LogP contribution in [0.15, 0.2) is 47.6 Å². The topological polar surface area (TPSA) is 76.7 Å². The third-order valence-electron chi connectivity index (χ3n) is 6.46. The van der Waals surface area contributed by atoms with Gasteiger partial charge in [0.15, 0.2) is 0 Å². The maximum atomic E-state index is 11.4. The Bertz CT molecular complexity index is 1140. The second-order valence-corrected chi connectivity index (χ2v) is 8.54. The van der Waals surface area contributed by atoms with Crippen molar-refractivity contribution < 1.29 is 9.90 Å². The van der Waals surface area contributed by atoms with Crippen LogP contribution in [0.5, 0.6) is 0 Å². The highest BCUT2D eigenvalue weighted by Gasteiger charge is 2.44. The SMILES string of the molecule is N#Cc1ccc(N2N=C3c4ccc(C(=O)O)cc4C=C[C@H]3[C@H]2C2CCCC2)cc1Cl. The number of rotatable bonds is 3. The molecule has 2 aromatic carbocycles. The van der Waals surface area contributed by atoms with Gasteiger partial charge in [-0.15, -0.1) is 0 Å². The fourth-order valence-electron chi connectivity index (χ4n) is 5.03. The van der Waals surface area contributed by atoms with Gasteiger partial charge < -0.3 is 5.11 Å². The Balaban J connectivity index is 1.61. The van der Waals surface area contributed by atoms with Gasteiger partial charge in [-0.25, -0.2) is 4.79 Å². The van der Waals surface area contributed by atoms with E-state index in [1.54, 1.807) is 18.2 Å². The average molecular weight is 418 g/mol. The van der Waals surface area contributed by atoms with Crippen LogP contribution in [0.2, 0.25) is 5.02 Å². The Morgan fingerprint density at radius 1 is 1.20 bits per heavy atom. The maximum absolute atomic E-state index is 11.4. The summed E-state index contributed by atoms with van der Waals surface area (Å²) in [6.45, 7) is 0. The molecule has 1 heterocycles. The van der Waals surface area contributed by atoms with Gasteiger partial charge in [-0.3, -0.25) is 5.01 Å². The molecule has 3 aliphatic rings. The van der Waals surface area contributed by atoms with Gasteiger partial charge in [-0.05, 0) is 54.7 Å². The zero-order valence-electron chi connectivity index (χ0n) is 16.3. The largest absolute Gasteiger partial charge is 0.478 e. The third kappa shape index (κ3) is 3.00. The molecule has 0 aromatic heterocycles. The van der Waals surface area contributed by atoms with E-state index < -0.39 is 5.97 Å². The molecule has 0 spiro atoms. The lowest BCUT2D eigenvalue weighted by atomic mass is 9.78. The lowest BCUT2D eigenvalue weighted by Crippen LogP contribution is -2.39. The van der Waals surface area contributed by atoms with Crippen molar-refractivity contribution in [2.24, 2.45) is 16.9 Å². The Hall–Kier alpha value is -3.10. The first-order chi connectivity index (χ1) is 14.6. The lowest BCUT2D eigenvalue weighted by Gasteiger charge is -2.32. The van der Waals surface area contributed by atoms with Crippen LogP contribution in [0.25, 0.3) is 6.08 Å². The van der Waals surface area contributed by atoms with Gasteiger partial charge in [0.05, 0.1) is 33.6 Å². The number of carboxylic acids is 1. The average Bonchev–Trinajstić information content (AvgIpc) is 3.40. The number of fused-ring (bicyclic) bond motifs is 3. The molecule has 5 rings (SSSR count). The molecule has 1 fully saturated rings. The number of hydrogen-bond donors (Lipinski definition) is 1. The van der Waals surface area contributed by atoms with E-state index in [1.165, 1.54) is 25.7 Å². The van der Waals surface area contributed by atoms with Crippen LogP contribution in [-0.4, -0.2) is 22.8 Å². The van der Waals surface area contributed by atoms with Gasteiger partial charge >= 0.3 is 5.97 Å². The Morgan fingerprint density at radius 2 is 2.00 bits per heavy atom. The first-order valence-electron chi connectivity index (χ1n) is 10.2. The van der Waals surface area contributed by atoms with Gasteiger partial charge in [-0.2, -0.15) is 10.4 Å². The normalized spacial score (nSPS) is 22.4. The van der Waals surface area contributed by atoms with Crippen molar-refractivity contribution in [1.82, 2.24) is 0 Å². The second kappa shape index (κ2) is 7.30. The van der Waals surface area contributed by atoms with E-state index in [0.29, 0.717) is 16.5 Å². The maximum Gasteiger partial charge on any atom is 0.335 e. The number of benzene rings is 2. The zero-order chi connectivity index (χ0) is 20.8. The quantitative estimate of drug-likeness (QED) is 0.731. The Morgan fingerprint density at radius 3 is 2.70 bits per heavy atom. The molecule has 0 bridgehead atoms. The summed E-state index contributed by atoms with van der Waals surface area (Å²) in [5, 5.41) is 26.1. The van der Waals surface area contributed by atoms with Crippen molar-refractivity contribution in [3.05, 3.63) is 69.8 Å². The molecule has 0 amide bonds. The van der Waals surface area contributed by atoms with Crippen LogP contribution < -0.4 is 5.01 Å². The van der Waals surface area contributed by atoms with Crippen molar-refractivity contribution in [1.29, 1.82) is 5.26 Å². The highest BCUT2D eigenvalue weighted by Crippen LogP contribution is 2.44. The smallest absolute Gasteiger partial charge is 0.335 e. The molecule has 6 heteroatoms. The summed E-state index contributed by atoms with van der Waals surface area (Å²) in [6, 6.07) is 13.0. The zero-order valence-corrected chi connectivity index (χ0v) is 17.0. The highest BCUT2D eigenvalue weighted by molar-refractivity contribution is 6.32. The van der Waals surface area contributed by atoms with Crippen LogP contribution in [0, 0.1) is 23.2 Å². The van der Waals surface area contributed by atoms with Crippen molar-refractivity contribution in [3.8, 4) is 6.07 Å². The fraction of sp³-hybridized carbons (Fsp3) is 0.292.